The molecule has 2 aromatic rings. The van der Waals surface area contributed by atoms with Crippen molar-refractivity contribution in [3.8, 4) is 5.69 Å². The highest BCUT2D eigenvalue weighted by atomic mass is 19.1. The van der Waals surface area contributed by atoms with E-state index in [2.05, 4.69) is 5.32 Å². The second-order valence-electron chi connectivity index (χ2n) is 5.77. The lowest BCUT2D eigenvalue weighted by Gasteiger charge is -2.12. The molecule has 0 spiro atoms. The van der Waals surface area contributed by atoms with Gasteiger partial charge in [-0.2, -0.15) is 0 Å². The van der Waals surface area contributed by atoms with Crippen LogP contribution in [-0.4, -0.2) is 10.5 Å². The van der Waals surface area contributed by atoms with Crippen LogP contribution in [0.5, 0.6) is 0 Å². The van der Waals surface area contributed by atoms with Crippen LogP contribution >= 0.6 is 0 Å². The van der Waals surface area contributed by atoms with Crippen molar-refractivity contribution in [1.29, 1.82) is 0 Å². The molecule has 1 aliphatic carbocycles. The van der Waals surface area contributed by atoms with Crippen LogP contribution in [0.15, 0.2) is 41.3 Å². The first-order chi connectivity index (χ1) is 11.1. The first-order valence-electron chi connectivity index (χ1n) is 7.64. The molecule has 0 radical (unpaired) electrons. The molecule has 1 heterocycles. The molecule has 120 valence electrons. The van der Waals surface area contributed by atoms with Gasteiger partial charge in [0.25, 0.3) is 5.56 Å². The molecule has 3 N–H and O–H groups in total. The van der Waals surface area contributed by atoms with Gasteiger partial charge in [0.05, 0.1) is 11.4 Å². The van der Waals surface area contributed by atoms with Crippen LogP contribution in [0, 0.1) is 11.7 Å². The Morgan fingerprint density at radius 1 is 1.26 bits per heavy atom. The molecule has 23 heavy (non-hydrogen) atoms. The number of nitrogens with two attached hydrogens (primary N) is 1. The number of halogens is 1. The topological polar surface area (TPSA) is 77.1 Å². The first kappa shape index (κ1) is 15.3. The highest BCUT2D eigenvalue weighted by molar-refractivity contribution is 5.92. The van der Waals surface area contributed by atoms with E-state index >= 15 is 0 Å². The van der Waals surface area contributed by atoms with Crippen molar-refractivity contribution in [2.45, 2.75) is 25.7 Å². The molecule has 5 nitrogen and oxygen atoms in total. The quantitative estimate of drug-likeness (QED) is 0.855. The van der Waals surface area contributed by atoms with Gasteiger partial charge in [-0.3, -0.25) is 14.2 Å². The minimum atomic E-state index is -0.588. The molecule has 0 unspecified atom stereocenters. The standard InChI is InChI=1S/C17H18FN3O2/c18-13-10-12(7-8-14(13)19)21-9-3-6-15(17(21)23)20-16(22)11-4-1-2-5-11/h3,6-11H,1-2,4-5,19H2,(H,20,22). The summed E-state index contributed by atoms with van der Waals surface area (Å²) in [6.07, 6.45) is 5.33. The number of amides is 1. The fraction of sp³-hybridized carbons (Fsp3) is 0.294. The molecule has 1 fully saturated rings. The molecule has 6 heteroatoms. The van der Waals surface area contributed by atoms with E-state index in [9.17, 15) is 14.0 Å². The van der Waals surface area contributed by atoms with Gasteiger partial charge in [0.2, 0.25) is 5.91 Å². The lowest BCUT2D eigenvalue weighted by molar-refractivity contribution is -0.119. The van der Waals surface area contributed by atoms with Gasteiger partial charge in [-0.25, -0.2) is 4.39 Å². The van der Waals surface area contributed by atoms with Crippen LogP contribution in [0.25, 0.3) is 5.69 Å². The second-order valence-corrected chi connectivity index (χ2v) is 5.77. The van der Waals surface area contributed by atoms with E-state index in [1.165, 1.54) is 22.9 Å². The lowest BCUT2D eigenvalue weighted by Crippen LogP contribution is -2.27. The zero-order chi connectivity index (χ0) is 16.4. The van der Waals surface area contributed by atoms with E-state index in [0.717, 1.165) is 25.7 Å². The number of nitrogens with zero attached hydrogens (tertiary/aromatic N) is 1. The van der Waals surface area contributed by atoms with Gasteiger partial charge in [-0.1, -0.05) is 12.8 Å². The van der Waals surface area contributed by atoms with Crippen LogP contribution in [0.1, 0.15) is 25.7 Å². The molecule has 1 aromatic carbocycles. The molecule has 1 amide bonds. The van der Waals surface area contributed by atoms with Gasteiger partial charge in [0.15, 0.2) is 0 Å². The summed E-state index contributed by atoms with van der Waals surface area (Å²) in [5, 5.41) is 2.70. The maximum Gasteiger partial charge on any atom is 0.278 e. The maximum absolute atomic E-state index is 13.6. The minimum Gasteiger partial charge on any atom is -0.396 e. The fourth-order valence-corrected chi connectivity index (χ4v) is 2.88. The highest BCUT2D eigenvalue weighted by Crippen LogP contribution is 2.25. The van der Waals surface area contributed by atoms with Crippen LogP contribution in [0.4, 0.5) is 15.8 Å². The monoisotopic (exact) mass is 315 g/mol. The van der Waals surface area contributed by atoms with Gasteiger partial charge in [0, 0.05) is 18.2 Å². The number of pyridine rings is 1. The van der Waals surface area contributed by atoms with Crippen molar-refractivity contribution in [3.63, 3.8) is 0 Å². The normalized spacial score (nSPS) is 14.8. The molecular weight excluding hydrogens is 297 g/mol. The van der Waals surface area contributed by atoms with Crippen molar-refractivity contribution >= 4 is 17.3 Å². The summed E-state index contributed by atoms with van der Waals surface area (Å²) in [5.41, 5.74) is 5.63. The van der Waals surface area contributed by atoms with Crippen LogP contribution < -0.4 is 16.6 Å². The Labute approximate surface area is 132 Å². The molecule has 3 rings (SSSR count). The molecule has 1 saturated carbocycles. The third kappa shape index (κ3) is 3.11. The van der Waals surface area contributed by atoms with E-state index in [-0.39, 0.29) is 23.2 Å². The summed E-state index contributed by atoms with van der Waals surface area (Å²) in [5.74, 6) is -0.743. The highest BCUT2D eigenvalue weighted by Gasteiger charge is 2.23. The maximum atomic E-state index is 13.6. The molecule has 0 aliphatic heterocycles. The first-order valence-corrected chi connectivity index (χ1v) is 7.64. The summed E-state index contributed by atoms with van der Waals surface area (Å²) < 4.78 is 14.9. The Bertz CT molecular complexity index is 795. The van der Waals surface area contributed by atoms with Crippen molar-refractivity contribution < 1.29 is 9.18 Å². The summed E-state index contributed by atoms with van der Waals surface area (Å²) in [6.45, 7) is 0. The van der Waals surface area contributed by atoms with E-state index < -0.39 is 11.4 Å². The number of nitrogens with one attached hydrogen (secondary N) is 1. The second kappa shape index (κ2) is 6.24. The summed E-state index contributed by atoms with van der Waals surface area (Å²) in [6, 6.07) is 7.35. The number of carbonyl (C=O) groups is 1. The Hall–Kier alpha value is -2.63. The van der Waals surface area contributed by atoms with E-state index in [1.807, 2.05) is 0 Å². The molecular formula is C17H18FN3O2. The van der Waals surface area contributed by atoms with Crippen molar-refractivity contribution in [2.24, 2.45) is 5.92 Å². The average molecular weight is 315 g/mol. The summed E-state index contributed by atoms with van der Waals surface area (Å²) in [7, 11) is 0. The third-order valence-corrected chi connectivity index (χ3v) is 4.19. The van der Waals surface area contributed by atoms with Gasteiger partial charge in [0.1, 0.15) is 11.5 Å². The van der Waals surface area contributed by atoms with Gasteiger partial charge in [-0.15, -0.1) is 0 Å². The van der Waals surface area contributed by atoms with E-state index in [1.54, 1.807) is 18.2 Å². The number of anilines is 2. The van der Waals surface area contributed by atoms with Gasteiger partial charge < -0.3 is 11.1 Å². The zero-order valence-electron chi connectivity index (χ0n) is 12.6. The Morgan fingerprint density at radius 3 is 2.70 bits per heavy atom. The fourth-order valence-electron chi connectivity index (χ4n) is 2.88. The van der Waals surface area contributed by atoms with Gasteiger partial charge in [-0.05, 0) is 37.1 Å². The summed E-state index contributed by atoms with van der Waals surface area (Å²) in [4.78, 5) is 24.7. The number of hydrogen-bond donors (Lipinski definition) is 2. The molecule has 0 saturated heterocycles. The van der Waals surface area contributed by atoms with Crippen LogP contribution in [-0.2, 0) is 4.79 Å². The lowest BCUT2D eigenvalue weighted by atomic mass is 10.1. The Balaban J connectivity index is 1.90. The van der Waals surface area contributed by atoms with Crippen molar-refractivity contribution in [1.82, 2.24) is 4.57 Å². The molecule has 0 atom stereocenters. The molecule has 1 aromatic heterocycles. The molecule has 1 aliphatic rings. The Kier molecular flexibility index (Phi) is 4.14. The summed E-state index contributed by atoms with van der Waals surface area (Å²) >= 11 is 0. The van der Waals surface area contributed by atoms with E-state index in [4.69, 9.17) is 5.73 Å². The molecule has 0 bridgehead atoms. The number of carbonyl (C=O) groups excluding carboxylic acids is 1. The SMILES string of the molecule is Nc1ccc(-n2cccc(NC(=O)C3CCCC3)c2=O)cc1F. The van der Waals surface area contributed by atoms with E-state index in [0.29, 0.717) is 5.69 Å². The zero-order valence-corrected chi connectivity index (χ0v) is 12.6. The number of aromatic nitrogens is 1. The van der Waals surface area contributed by atoms with Crippen LogP contribution in [0.2, 0.25) is 0 Å². The van der Waals surface area contributed by atoms with Crippen molar-refractivity contribution in [3.05, 3.63) is 52.7 Å². The Morgan fingerprint density at radius 2 is 2.00 bits per heavy atom. The number of nitrogen functional groups attached to an aromatic ring is 1. The van der Waals surface area contributed by atoms with Gasteiger partial charge >= 0.3 is 0 Å². The van der Waals surface area contributed by atoms with Crippen molar-refractivity contribution in [2.75, 3.05) is 11.1 Å². The number of hydrogen-bond acceptors (Lipinski definition) is 3. The van der Waals surface area contributed by atoms with Crippen LogP contribution in [0.3, 0.4) is 0 Å². The third-order valence-electron chi connectivity index (χ3n) is 4.19. The average Bonchev–Trinajstić information content (AvgIpc) is 3.07. The predicted molar refractivity (Wildman–Crippen MR) is 87.0 cm³/mol. The number of benzene rings is 1. The minimum absolute atomic E-state index is 0.0208. The predicted octanol–water partition coefficient (Wildman–Crippen LogP) is 2.69. The number of rotatable bonds is 3. The largest absolute Gasteiger partial charge is 0.396 e. The smallest absolute Gasteiger partial charge is 0.278 e.